The van der Waals surface area contributed by atoms with Gasteiger partial charge in [-0.1, -0.05) is 10.8 Å². The Kier molecular flexibility index (Phi) is 6.07. The summed E-state index contributed by atoms with van der Waals surface area (Å²) >= 11 is 0. The van der Waals surface area contributed by atoms with Crippen LogP contribution in [0.15, 0.2) is 42.1 Å². The lowest BCUT2D eigenvalue weighted by molar-refractivity contribution is -0.138. The van der Waals surface area contributed by atoms with Crippen molar-refractivity contribution >= 4 is 23.4 Å². The van der Waals surface area contributed by atoms with Crippen molar-refractivity contribution in [1.82, 2.24) is 15.0 Å². The van der Waals surface area contributed by atoms with Crippen LogP contribution in [0.4, 0.5) is 16.2 Å². The number of carboxylic acid groups (broad SMARTS) is 1. The number of ether oxygens (including phenoxy) is 1. The SMILES string of the molecule is CC(C(=O)O)c1cn(CC2CN(c3ccc(N4CCC(=CC#N)CC4)cc3)C(=O)O2)nn1. The second-order valence-electron chi connectivity index (χ2n) is 7.98. The minimum absolute atomic E-state index is 0.298. The third-order valence-electron chi connectivity index (χ3n) is 5.84. The van der Waals surface area contributed by atoms with Crippen molar-refractivity contribution in [3.05, 3.63) is 47.8 Å². The second-order valence-corrected chi connectivity index (χ2v) is 7.98. The molecule has 166 valence electrons. The van der Waals surface area contributed by atoms with Gasteiger partial charge in [-0.05, 0) is 44.0 Å². The Morgan fingerprint density at radius 1 is 1.31 bits per heavy atom. The van der Waals surface area contributed by atoms with Crippen molar-refractivity contribution in [2.75, 3.05) is 29.4 Å². The number of nitriles is 1. The summed E-state index contributed by atoms with van der Waals surface area (Å²) in [6, 6.07) is 9.89. The van der Waals surface area contributed by atoms with Gasteiger partial charge in [-0.15, -0.1) is 5.10 Å². The molecule has 1 amide bonds. The van der Waals surface area contributed by atoms with Gasteiger partial charge in [-0.2, -0.15) is 5.26 Å². The smallest absolute Gasteiger partial charge is 0.414 e. The summed E-state index contributed by atoms with van der Waals surface area (Å²) in [7, 11) is 0. The molecule has 32 heavy (non-hydrogen) atoms. The highest BCUT2D eigenvalue weighted by Gasteiger charge is 2.33. The lowest BCUT2D eigenvalue weighted by atomic mass is 10.0. The maximum atomic E-state index is 12.4. The van der Waals surface area contributed by atoms with E-state index in [1.165, 1.54) is 10.3 Å². The summed E-state index contributed by atoms with van der Waals surface area (Å²) in [5.41, 5.74) is 3.38. The number of rotatable bonds is 6. The molecule has 0 saturated carbocycles. The molecule has 2 saturated heterocycles. The van der Waals surface area contributed by atoms with E-state index < -0.39 is 24.1 Å². The average molecular weight is 436 g/mol. The maximum absolute atomic E-state index is 12.4. The van der Waals surface area contributed by atoms with Crippen LogP contribution in [0.5, 0.6) is 0 Å². The van der Waals surface area contributed by atoms with E-state index >= 15 is 0 Å². The number of carboxylic acids is 1. The Morgan fingerprint density at radius 2 is 2.00 bits per heavy atom. The highest BCUT2D eigenvalue weighted by molar-refractivity contribution is 5.90. The van der Waals surface area contributed by atoms with Crippen LogP contribution in [-0.4, -0.2) is 57.9 Å². The normalized spacial score (nSPS) is 19.4. The Hall–Kier alpha value is -3.87. The summed E-state index contributed by atoms with van der Waals surface area (Å²) in [5.74, 6) is -1.72. The molecule has 2 unspecified atom stereocenters. The Balaban J connectivity index is 1.36. The molecule has 10 nitrogen and oxygen atoms in total. The third-order valence-corrected chi connectivity index (χ3v) is 5.84. The first-order chi connectivity index (χ1) is 15.4. The average Bonchev–Trinajstić information content (AvgIpc) is 3.40. The first-order valence-corrected chi connectivity index (χ1v) is 10.5. The Morgan fingerprint density at radius 3 is 2.66 bits per heavy atom. The minimum Gasteiger partial charge on any atom is -0.481 e. The van der Waals surface area contributed by atoms with Crippen LogP contribution in [0.3, 0.4) is 0 Å². The third kappa shape index (κ3) is 4.56. The van der Waals surface area contributed by atoms with Crippen molar-refractivity contribution in [1.29, 1.82) is 5.26 Å². The van der Waals surface area contributed by atoms with E-state index in [2.05, 4.69) is 21.3 Å². The predicted octanol–water partition coefficient (Wildman–Crippen LogP) is 2.54. The van der Waals surface area contributed by atoms with Gasteiger partial charge in [-0.25, -0.2) is 9.48 Å². The van der Waals surface area contributed by atoms with E-state index in [9.17, 15) is 9.59 Å². The topological polar surface area (TPSA) is 125 Å². The van der Waals surface area contributed by atoms with Crippen LogP contribution >= 0.6 is 0 Å². The molecule has 2 atom stereocenters. The van der Waals surface area contributed by atoms with Crippen LogP contribution in [0, 0.1) is 11.3 Å². The first-order valence-electron chi connectivity index (χ1n) is 10.5. The van der Waals surface area contributed by atoms with Gasteiger partial charge in [0.2, 0.25) is 0 Å². The molecule has 2 fully saturated rings. The first kappa shape index (κ1) is 21.4. The number of carbonyl (C=O) groups excluding carboxylic acids is 1. The molecule has 2 aromatic rings. The fraction of sp³-hybridized carbons (Fsp3) is 0.409. The largest absolute Gasteiger partial charge is 0.481 e. The number of allylic oxidation sites excluding steroid dienone is 1. The summed E-state index contributed by atoms with van der Waals surface area (Å²) in [6.07, 6.45) is 4.13. The van der Waals surface area contributed by atoms with Crippen LogP contribution < -0.4 is 9.80 Å². The van der Waals surface area contributed by atoms with Crippen LogP contribution in [0.1, 0.15) is 31.4 Å². The number of aromatic nitrogens is 3. The number of hydrogen-bond acceptors (Lipinski definition) is 7. The van der Waals surface area contributed by atoms with Crippen molar-refractivity contribution in [3.8, 4) is 6.07 Å². The molecule has 0 bridgehead atoms. The second kappa shape index (κ2) is 9.09. The fourth-order valence-corrected chi connectivity index (χ4v) is 3.89. The molecule has 0 radical (unpaired) electrons. The van der Waals surface area contributed by atoms with Gasteiger partial charge in [0.15, 0.2) is 0 Å². The summed E-state index contributed by atoms with van der Waals surface area (Å²) < 4.78 is 6.97. The summed E-state index contributed by atoms with van der Waals surface area (Å²) in [6.45, 7) is 3.94. The van der Waals surface area contributed by atoms with Gasteiger partial charge >= 0.3 is 12.1 Å². The van der Waals surface area contributed by atoms with E-state index in [0.29, 0.717) is 18.8 Å². The lowest BCUT2D eigenvalue weighted by Crippen LogP contribution is -2.30. The fourth-order valence-electron chi connectivity index (χ4n) is 3.89. The summed E-state index contributed by atoms with van der Waals surface area (Å²) in [5, 5.41) is 25.7. The Bertz CT molecular complexity index is 1060. The predicted molar refractivity (Wildman–Crippen MR) is 115 cm³/mol. The standard InChI is InChI=1S/C22H24N6O4/c1-15(21(29)30)20-14-27(25-24-20)12-19-13-28(22(31)32-19)18-4-2-17(3-5-18)26-10-7-16(6-9-23)8-11-26/h2-6,14-15,19H,7-8,10-13H2,1H3,(H,29,30). The molecule has 0 spiro atoms. The van der Waals surface area contributed by atoms with Crippen LogP contribution in [0.25, 0.3) is 0 Å². The van der Waals surface area contributed by atoms with E-state index in [0.717, 1.165) is 37.3 Å². The van der Waals surface area contributed by atoms with Gasteiger partial charge in [0.05, 0.1) is 30.8 Å². The number of cyclic esters (lactones) is 1. The maximum Gasteiger partial charge on any atom is 0.414 e. The zero-order valence-corrected chi connectivity index (χ0v) is 17.7. The number of benzene rings is 1. The van der Waals surface area contributed by atoms with Crippen molar-refractivity contribution in [2.45, 2.75) is 38.3 Å². The van der Waals surface area contributed by atoms with E-state index in [-0.39, 0.29) is 0 Å². The zero-order valence-electron chi connectivity index (χ0n) is 17.7. The number of nitrogens with zero attached hydrogens (tertiary/aromatic N) is 6. The highest BCUT2D eigenvalue weighted by atomic mass is 16.6. The summed E-state index contributed by atoms with van der Waals surface area (Å²) in [4.78, 5) is 27.3. The van der Waals surface area contributed by atoms with Gasteiger partial charge in [0, 0.05) is 36.7 Å². The number of carbonyl (C=O) groups is 2. The van der Waals surface area contributed by atoms with Crippen molar-refractivity contribution in [2.24, 2.45) is 0 Å². The molecule has 0 aliphatic carbocycles. The molecule has 4 rings (SSSR count). The molecular formula is C22H24N6O4. The monoisotopic (exact) mass is 436 g/mol. The zero-order chi connectivity index (χ0) is 22.7. The Labute approximate surface area is 185 Å². The highest BCUT2D eigenvalue weighted by Crippen LogP contribution is 2.28. The van der Waals surface area contributed by atoms with Crippen LogP contribution in [0.2, 0.25) is 0 Å². The van der Waals surface area contributed by atoms with Crippen molar-refractivity contribution < 1.29 is 19.4 Å². The number of piperidine rings is 1. The lowest BCUT2D eigenvalue weighted by Gasteiger charge is -2.30. The molecule has 3 heterocycles. The van der Waals surface area contributed by atoms with Gasteiger partial charge in [0.25, 0.3) is 0 Å². The van der Waals surface area contributed by atoms with Crippen LogP contribution in [-0.2, 0) is 16.1 Å². The quantitative estimate of drug-likeness (QED) is 0.685. The number of aliphatic carboxylic acids is 1. The number of amides is 1. The molecular weight excluding hydrogens is 412 g/mol. The minimum atomic E-state index is -0.970. The molecule has 2 aliphatic rings. The molecule has 1 aromatic carbocycles. The number of anilines is 2. The molecule has 2 aliphatic heterocycles. The van der Waals surface area contributed by atoms with Gasteiger partial charge in [-0.3, -0.25) is 9.69 Å². The van der Waals surface area contributed by atoms with Crippen molar-refractivity contribution in [3.63, 3.8) is 0 Å². The van der Waals surface area contributed by atoms with Gasteiger partial charge < -0.3 is 14.7 Å². The molecule has 1 N–H and O–H groups in total. The van der Waals surface area contributed by atoms with E-state index in [4.69, 9.17) is 15.1 Å². The van der Waals surface area contributed by atoms with Gasteiger partial charge in [0.1, 0.15) is 6.10 Å². The van der Waals surface area contributed by atoms with E-state index in [1.807, 2.05) is 24.3 Å². The molecule has 1 aromatic heterocycles. The molecule has 10 heteroatoms. The van der Waals surface area contributed by atoms with E-state index in [1.54, 1.807) is 24.1 Å². The number of hydrogen-bond donors (Lipinski definition) is 1.